The first kappa shape index (κ1) is 28.1. The molecule has 37 heavy (non-hydrogen) atoms. The molecule has 9 nitrogen and oxygen atoms in total. The number of rotatable bonds is 12. The summed E-state index contributed by atoms with van der Waals surface area (Å²) in [6.07, 6.45) is 6.84. The molecule has 0 radical (unpaired) electrons. The molecule has 1 aliphatic heterocycles. The summed E-state index contributed by atoms with van der Waals surface area (Å²) in [5, 5.41) is 0. The van der Waals surface area contributed by atoms with Gasteiger partial charge in [0.1, 0.15) is 0 Å². The Morgan fingerprint density at radius 2 is 1.27 bits per heavy atom. The van der Waals surface area contributed by atoms with E-state index in [9.17, 15) is 14.4 Å². The number of unbranched alkanes of at least 4 members (excludes halogenated alkanes) is 3. The Bertz CT molecular complexity index is 1000. The summed E-state index contributed by atoms with van der Waals surface area (Å²) in [5.74, 6) is -1.39. The Morgan fingerprint density at radius 1 is 0.757 bits per heavy atom. The molecule has 0 aromatic heterocycles. The molecule has 0 spiro atoms. The van der Waals surface area contributed by atoms with E-state index < -0.39 is 17.8 Å². The summed E-state index contributed by atoms with van der Waals surface area (Å²) in [6, 6.07) is 13.3. The van der Waals surface area contributed by atoms with Gasteiger partial charge in [-0.1, -0.05) is 12.8 Å². The van der Waals surface area contributed by atoms with E-state index in [1.165, 1.54) is 44.2 Å². The molecule has 0 bridgehead atoms. The molecule has 2 aromatic rings. The summed E-state index contributed by atoms with van der Waals surface area (Å²) >= 11 is 0. The van der Waals surface area contributed by atoms with Crippen molar-refractivity contribution in [2.24, 2.45) is 0 Å². The van der Waals surface area contributed by atoms with Gasteiger partial charge in [-0.3, -0.25) is 20.4 Å². The Labute approximate surface area is 218 Å². The molecule has 2 amide bonds. The van der Waals surface area contributed by atoms with E-state index in [0.29, 0.717) is 22.8 Å². The highest BCUT2D eigenvalue weighted by Gasteiger charge is 2.20. The van der Waals surface area contributed by atoms with Crippen LogP contribution >= 0.6 is 0 Å². The average molecular weight is 512 g/mol. The number of anilines is 1. The molecule has 0 unspecified atom stereocenters. The van der Waals surface area contributed by atoms with Crippen LogP contribution in [0.4, 0.5) is 5.69 Å². The fourth-order valence-corrected chi connectivity index (χ4v) is 4.19. The molecular formula is C28H37N3O6. The largest absolute Gasteiger partial charge is 0.465 e. The van der Waals surface area contributed by atoms with Crippen LogP contribution in [-0.4, -0.2) is 64.4 Å². The number of methoxy groups -OCH3 is 2. The molecule has 1 fully saturated rings. The number of hydrogen-bond acceptors (Lipinski definition) is 7. The van der Waals surface area contributed by atoms with Crippen LogP contribution < -0.4 is 15.8 Å². The van der Waals surface area contributed by atoms with Gasteiger partial charge in [0.05, 0.1) is 18.8 Å². The lowest BCUT2D eigenvalue weighted by Gasteiger charge is -2.33. The maximum atomic E-state index is 12.5. The van der Waals surface area contributed by atoms with Crippen LogP contribution in [-0.2, 0) is 14.2 Å². The number of piperidine rings is 1. The second-order valence-electron chi connectivity index (χ2n) is 8.99. The third kappa shape index (κ3) is 8.87. The Balaban J connectivity index is 1.37. The third-order valence-electron chi connectivity index (χ3n) is 6.39. The second kappa shape index (κ2) is 15.0. The van der Waals surface area contributed by atoms with Gasteiger partial charge in [0.15, 0.2) is 0 Å². The zero-order valence-electron chi connectivity index (χ0n) is 21.7. The van der Waals surface area contributed by atoms with E-state index in [2.05, 4.69) is 20.5 Å². The first-order valence-electron chi connectivity index (χ1n) is 12.8. The zero-order chi connectivity index (χ0) is 26.5. The van der Waals surface area contributed by atoms with Gasteiger partial charge in [-0.2, -0.15) is 0 Å². The molecule has 0 saturated carbocycles. The van der Waals surface area contributed by atoms with Crippen molar-refractivity contribution >= 4 is 23.5 Å². The lowest BCUT2D eigenvalue weighted by molar-refractivity contribution is 0.0345. The van der Waals surface area contributed by atoms with Crippen LogP contribution in [0.2, 0.25) is 0 Å². The van der Waals surface area contributed by atoms with Gasteiger partial charge in [0.2, 0.25) is 0 Å². The Kier molecular flexibility index (Phi) is 11.4. The number of hydrogen-bond donors (Lipinski definition) is 2. The predicted molar refractivity (Wildman–Crippen MR) is 141 cm³/mol. The normalized spacial score (nSPS) is 13.7. The molecule has 200 valence electrons. The maximum absolute atomic E-state index is 12.5. The van der Waals surface area contributed by atoms with Crippen molar-refractivity contribution in [3.8, 4) is 0 Å². The lowest BCUT2D eigenvalue weighted by Crippen LogP contribution is -2.41. The molecule has 0 aliphatic carbocycles. The van der Waals surface area contributed by atoms with E-state index in [1.54, 1.807) is 19.2 Å². The summed E-state index contributed by atoms with van der Waals surface area (Å²) < 4.78 is 15.8. The monoisotopic (exact) mass is 511 g/mol. The number of ether oxygens (including phenoxy) is 3. The second-order valence-corrected chi connectivity index (χ2v) is 8.99. The van der Waals surface area contributed by atoms with Gasteiger partial charge in [0, 0.05) is 50.2 Å². The predicted octanol–water partition coefficient (Wildman–Crippen LogP) is 3.74. The average Bonchev–Trinajstić information content (AvgIpc) is 2.95. The fourth-order valence-electron chi connectivity index (χ4n) is 4.19. The van der Waals surface area contributed by atoms with Gasteiger partial charge in [-0.25, -0.2) is 4.79 Å². The Hall–Kier alpha value is -3.43. The number of esters is 1. The van der Waals surface area contributed by atoms with Crippen LogP contribution in [0.1, 0.15) is 69.6 Å². The number of nitrogens with one attached hydrogen (secondary N) is 2. The van der Waals surface area contributed by atoms with Crippen LogP contribution in [0.3, 0.4) is 0 Å². The van der Waals surface area contributed by atoms with Crippen molar-refractivity contribution in [1.82, 2.24) is 10.9 Å². The standard InChI is InChI=1S/C28H37N3O6/c1-35-19-5-3-4-6-20-37-25-15-17-31(18-16-25)24-13-11-22(12-14-24)27(33)30-29-26(32)21-7-9-23(10-8-21)28(34)36-2/h7-14,25H,3-6,15-20H2,1-2H3,(H,29,32)(H,30,33). The van der Waals surface area contributed by atoms with Gasteiger partial charge >= 0.3 is 5.97 Å². The first-order valence-corrected chi connectivity index (χ1v) is 12.8. The number of carbonyl (C=O) groups is 3. The van der Waals surface area contributed by atoms with Crippen molar-refractivity contribution in [3.05, 3.63) is 65.2 Å². The molecule has 2 N–H and O–H groups in total. The number of amides is 2. The quantitative estimate of drug-likeness (QED) is 0.254. The van der Waals surface area contributed by atoms with Gasteiger partial charge in [-0.05, 0) is 74.2 Å². The molecule has 9 heteroatoms. The van der Waals surface area contributed by atoms with Crippen LogP contribution in [0.25, 0.3) is 0 Å². The van der Waals surface area contributed by atoms with Gasteiger partial charge in [0.25, 0.3) is 11.8 Å². The van der Waals surface area contributed by atoms with Crippen molar-refractivity contribution in [2.45, 2.75) is 44.6 Å². The molecule has 0 atom stereocenters. The lowest BCUT2D eigenvalue weighted by atomic mass is 10.1. The van der Waals surface area contributed by atoms with Gasteiger partial charge < -0.3 is 19.1 Å². The summed E-state index contributed by atoms with van der Waals surface area (Å²) in [7, 11) is 3.03. The highest BCUT2D eigenvalue weighted by atomic mass is 16.5. The SMILES string of the molecule is COCCCCCCOC1CCN(c2ccc(C(=O)NNC(=O)c3ccc(C(=O)OC)cc3)cc2)CC1. The minimum atomic E-state index is -0.488. The van der Waals surface area contributed by atoms with Crippen molar-refractivity contribution in [2.75, 3.05) is 45.4 Å². The van der Waals surface area contributed by atoms with E-state index in [-0.39, 0.29) is 0 Å². The van der Waals surface area contributed by atoms with Crippen LogP contribution in [0.5, 0.6) is 0 Å². The molecule has 1 heterocycles. The molecular weight excluding hydrogens is 474 g/mol. The molecule has 1 saturated heterocycles. The third-order valence-corrected chi connectivity index (χ3v) is 6.39. The van der Waals surface area contributed by atoms with E-state index in [0.717, 1.165) is 57.7 Å². The molecule has 3 rings (SSSR count). The van der Waals surface area contributed by atoms with Crippen LogP contribution in [0.15, 0.2) is 48.5 Å². The Morgan fingerprint density at radius 3 is 1.81 bits per heavy atom. The number of nitrogens with zero attached hydrogens (tertiary/aromatic N) is 1. The zero-order valence-corrected chi connectivity index (χ0v) is 21.7. The van der Waals surface area contributed by atoms with Crippen LogP contribution in [0, 0.1) is 0 Å². The van der Waals surface area contributed by atoms with Crippen molar-refractivity contribution in [1.29, 1.82) is 0 Å². The smallest absolute Gasteiger partial charge is 0.337 e. The minimum Gasteiger partial charge on any atom is -0.465 e. The summed E-state index contributed by atoms with van der Waals surface area (Å²) in [6.45, 7) is 3.47. The maximum Gasteiger partial charge on any atom is 0.337 e. The van der Waals surface area contributed by atoms with E-state index in [4.69, 9.17) is 9.47 Å². The molecule has 1 aliphatic rings. The van der Waals surface area contributed by atoms with Crippen molar-refractivity contribution in [3.63, 3.8) is 0 Å². The molecule has 2 aromatic carbocycles. The van der Waals surface area contributed by atoms with Crippen molar-refractivity contribution < 1.29 is 28.6 Å². The highest BCUT2D eigenvalue weighted by molar-refractivity contribution is 5.99. The number of hydrazine groups is 1. The van der Waals surface area contributed by atoms with E-state index >= 15 is 0 Å². The topological polar surface area (TPSA) is 106 Å². The summed E-state index contributed by atoms with van der Waals surface area (Å²) in [4.78, 5) is 38.6. The first-order chi connectivity index (χ1) is 18.0. The fraction of sp³-hybridized carbons (Fsp3) is 0.464. The number of carbonyl (C=O) groups excluding carboxylic acids is 3. The summed E-state index contributed by atoms with van der Waals surface area (Å²) in [5.41, 5.74) is 6.95. The minimum absolute atomic E-state index is 0.303. The number of benzene rings is 2. The van der Waals surface area contributed by atoms with Gasteiger partial charge in [-0.15, -0.1) is 0 Å². The highest BCUT2D eigenvalue weighted by Crippen LogP contribution is 2.22. The van der Waals surface area contributed by atoms with E-state index in [1.807, 2.05) is 12.1 Å².